The molecular formula is C29H36N2O5. The fourth-order valence-electron chi connectivity index (χ4n) is 4.76. The van der Waals surface area contributed by atoms with Gasteiger partial charge in [0.15, 0.2) is 0 Å². The Morgan fingerprint density at radius 3 is 2.50 bits per heavy atom. The Kier molecular flexibility index (Phi) is 8.91. The molecule has 1 heterocycles. The van der Waals surface area contributed by atoms with Crippen molar-refractivity contribution in [1.29, 1.82) is 0 Å². The maximum absolute atomic E-state index is 13.6. The number of hydrogen-bond donors (Lipinski definition) is 2. The average molecular weight is 493 g/mol. The number of rotatable bonds is 10. The molecule has 3 atom stereocenters. The highest BCUT2D eigenvalue weighted by atomic mass is 16.5. The van der Waals surface area contributed by atoms with Gasteiger partial charge in [0, 0.05) is 11.6 Å². The van der Waals surface area contributed by atoms with E-state index in [-0.39, 0.29) is 30.2 Å². The summed E-state index contributed by atoms with van der Waals surface area (Å²) < 4.78 is 5.58. The van der Waals surface area contributed by atoms with Crippen LogP contribution >= 0.6 is 0 Å². The van der Waals surface area contributed by atoms with Crippen molar-refractivity contribution in [3.63, 3.8) is 0 Å². The lowest BCUT2D eigenvalue weighted by Gasteiger charge is -2.38. The van der Waals surface area contributed by atoms with E-state index < -0.39 is 18.1 Å². The molecule has 7 nitrogen and oxygen atoms in total. The van der Waals surface area contributed by atoms with Gasteiger partial charge in [-0.1, -0.05) is 50.3 Å². The predicted octanol–water partition coefficient (Wildman–Crippen LogP) is 4.89. The smallest absolute Gasteiger partial charge is 0.305 e. The highest BCUT2D eigenvalue weighted by molar-refractivity contribution is 5.94. The van der Waals surface area contributed by atoms with E-state index in [0.717, 1.165) is 16.7 Å². The van der Waals surface area contributed by atoms with Crippen LogP contribution in [0.1, 0.15) is 57.2 Å². The molecular weight excluding hydrogens is 456 g/mol. The third kappa shape index (κ3) is 6.33. The highest BCUT2D eigenvalue weighted by Gasteiger charge is 2.35. The first-order valence-electron chi connectivity index (χ1n) is 12.4. The van der Waals surface area contributed by atoms with Gasteiger partial charge in [-0.05, 0) is 67.5 Å². The van der Waals surface area contributed by atoms with Gasteiger partial charge in [-0.15, -0.1) is 0 Å². The number of aliphatic carboxylic acids is 1. The van der Waals surface area contributed by atoms with E-state index in [2.05, 4.69) is 5.32 Å². The summed E-state index contributed by atoms with van der Waals surface area (Å²) in [7, 11) is 1.59. The minimum absolute atomic E-state index is 0.122. The lowest BCUT2D eigenvalue weighted by atomic mass is 9.93. The summed E-state index contributed by atoms with van der Waals surface area (Å²) in [5, 5.41) is 12.6. The minimum atomic E-state index is -1.03. The van der Waals surface area contributed by atoms with Crippen LogP contribution in [0.15, 0.2) is 54.6 Å². The number of carboxylic acids is 1. The number of nitrogens with zero attached hydrogens (tertiary/aromatic N) is 1. The zero-order chi connectivity index (χ0) is 26.4. The minimum Gasteiger partial charge on any atom is -0.496 e. The average Bonchev–Trinajstić information content (AvgIpc) is 2.82. The molecule has 7 heteroatoms. The lowest BCUT2D eigenvalue weighted by molar-refractivity contribution is -0.142. The summed E-state index contributed by atoms with van der Waals surface area (Å²) in [6, 6.07) is 11.7. The number of benzene rings is 2. The Hall–Kier alpha value is -3.61. The number of carboxylic acid groups (broad SMARTS) is 1. The molecule has 1 aliphatic heterocycles. The molecule has 2 aromatic carbocycles. The molecule has 2 unspecified atom stereocenters. The van der Waals surface area contributed by atoms with Crippen LogP contribution in [0.4, 0.5) is 0 Å². The number of hydrogen-bond acceptors (Lipinski definition) is 4. The van der Waals surface area contributed by atoms with E-state index in [4.69, 9.17) is 4.74 Å². The van der Waals surface area contributed by atoms with Crippen LogP contribution in [-0.2, 0) is 14.4 Å². The maximum atomic E-state index is 13.6. The molecule has 3 rings (SSSR count). The SMILES string of the molecule is COc1ccc([C@H](CC(=O)O)NC(=O)C(CC(C)C)N2C(=O)C=CCC2C)cc1-c1ccccc1C. The number of ether oxygens (including phenoxy) is 1. The third-order valence-corrected chi connectivity index (χ3v) is 6.56. The molecule has 0 saturated heterocycles. The molecule has 0 bridgehead atoms. The first-order valence-corrected chi connectivity index (χ1v) is 12.4. The summed E-state index contributed by atoms with van der Waals surface area (Å²) in [4.78, 5) is 39.8. The zero-order valence-corrected chi connectivity index (χ0v) is 21.7. The van der Waals surface area contributed by atoms with E-state index in [0.29, 0.717) is 24.2 Å². The van der Waals surface area contributed by atoms with E-state index in [1.54, 1.807) is 24.1 Å². The van der Waals surface area contributed by atoms with Crippen molar-refractivity contribution in [3.8, 4) is 16.9 Å². The Balaban J connectivity index is 1.99. The number of carbonyl (C=O) groups is 3. The number of nitrogens with one attached hydrogen (secondary N) is 1. The fourth-order valence-corrected chi connectivity index (χ4v) is 4.76. The van der Waals surface area contributed by atoms with Crippen molar-refractivity contribution in [2.45, 2.75) is 65.1 Å². The number of amides is 2. The first-order chi connectivity index (χ1) is 17.1. The summed E-state index contributed by atoms with van der Waals surface area (Å²) >= 11 is 0. The monoisotopic (exact) mass is 492 g/mol. The maximum Gasteiger partial charge on any atom is 0.305 e. The number of carbonyl (C=O) groups excluding carboxylic acids is 2. The van der Waals surface area contributed by atoms with Crippen molar-refractivity contribution in [1.82, 2.24) is 10.2 Å². The predicted molar refractivity (Wildman–Crippen MR) is 140 cm³/mol. The van der Waals surface area contributed by atoms with Crippen LogP contribution in [0.2, 0.25) is 0 Å². The molecule has 192 valence electrons. The van der Waals surface area contributed by atoms with Gasteiger partial charge in [-0.25, -0.2) is 0 Å². The van der Waals surface area contributed by atoms with Crippen molar-refractivity contribution in [2.75, 3.05) is 7.11 Å². The topological polar surface area (TPSA) is 95.9 Å². The van der Waals surface area contributed by atoms with E-state index in [1.165, 1.54) is 6.08 Å². The summed E-state index contributed by atoms with van der Waals surface area (Å²) in [6.07, 6.45) is 4.19. The Morgan fingerprint density at radius 2 is 1.89 bits per heavy atom. The van der Waals surface area contributed by atoms with Gasteiger partial charge >= 0.3 is 5.97 Å². The lowest BCUT2D eigenvalue weighted by Crippen LogP contribution is -2.54. The van der Waals surface area contributed by atoms with Crippen LogP contribution < -0.4 is 10.1 Å². The molecule has 36 heavy (non-hydrogen) atoms. The van der Waals surface area contributed by atoms with E-state index in [9.17, 15) is 19.5 Å². The molecule has 2 aromatic rings. The second kappa shape index (κ2) is 11.9. The zero-order valence-electron chi connectivity index (χ0n) is 21.7. The quantitative estimate of drug-likeness (QED) is 0.492. The molecule has 2 N–H and O–H groups in total. The van der Waals surface area contributed by atoms with Crippen LogP contribution in [-0.4, -0.2) is 47.0 Å². The van der Waals surface area contributed by atoms with Gasteiger partial charge in [0.2, 0.25) is 11.8 Å². The molecule has 0 aliphatic carbocycles. The second-order valence-electron chi connectivity index (χ2n) is 9.81. The van der Waals surface area contributed by atoms with Crippen molar-refractivity contribution < 1.29 is 24.2 Å². The summed E-state index contributed by atoms with van der Waals surface area (Å²) in [5.74, 6) is -0.752. The van der Waals surface area contributed by atoms with Crippen LogP contribution in [0, 0.1) is 12.8 Å². The second-order valence-corrected chi connectivity index (χ2v) is 9.81. The Bertz CT molecular complexity index is 1140. The van der Waals surface area contributed by atoms with Gasteiger partial charge in [-0.2, -0.15) is 0 Å². The van der Waals surface area contributed by atoms with Gasteiger partial charge in [0.05, 0.1) is 19.6 Å². The normalized spacial score (nSPS) is 17.1. The van der Waals surface area contributed by atoms with Gasteiger partial charge in [-0.3, -0.25) is 14.4 Å². The summed E-state index contributed by atoms with van der Waals surface area (Å²) in [6.45, 7) is 7.93. The standard InChI is InChI=1S/C29H36N2O5/c1-18(2)15-25(31-20(4)10-8-12-27(31)32)29(35)30-24(17-28(33)34)21-13-14-26(36-5)23(16-21)22-11-7-6-9-19(22)3/h6-9,11-14,16,18,20,24-25H,10,15,17H2,1-5H3,(H,30,35)(H,33,34)/t20?,24-,25?/m0/s1. The molecule has 2 amide bonds. The van der Waals surface area contributed by atoms with Gasteiger partial charge in [0.25, 0.3) is 0 Å². The number of methoxy groups -OCH3 is 1. The van der Waals surface area contributed by atoms with Crippen molar-refractivity contribution >= 4 is 17.8 Å². The Morgan fingerprint density at radius 1 is 1.17 bits per heavy atom. The van der Waals surface area contributed by atoms with Crippen LogP contribution in [0.3, 0.4) is 0 Å². The van der Waals surface area contributed by atoms with Crippen LogP contribution in [0.25, 0.3) is 11.1 Å². The van der Waals surface area contributed by atoms with E-state index >= 15 is 0 Å². The molecule has 0 fully saturated rings. The summed E-state index contributed by atoms with van der Waals surface area (Å²) in [5.41, 5.74) is 3.50. The number of aryl methyl sites for hydroxylation is 1. The largest absolute Gasteiger partial charge is 0.496 e. The molecule has 0 spiro atoms. The van der Waals surface area contributed by atoms with Gasteiger partial charge < -0.3 is 20.1 Å². The third-order valence-electron chi connectivity index (χ3n) is 6.56. The van der Waals surface area contributed by atoms with Crippen molar-refractivity contribution in [3.05, 3.63) is 65.7 Å². The molecule has 0 aromatic heterocycles. The fraction of sp³-hybridized carbons (Fsp3) is 0.414. The van der Waals surface area contributed by atoms with Crippen molar-refractivity contribution in [2.24, 2.45) is 5.92 Å². The first kappa shape index (κ1) is 27.0. The van der Waals surface area contributed by atoms with Crippen LogP contribution in [0.5, 0.6) is 5.75 Å². The molecule has 0 radical (unpaired) electrons. The van der Waals surface area contributed by atoms with E-state index in [1.807, 2.05) is 64.1 Å². The molecule has 0 saturated carbocycles. The Labute approximate surface area is 213 Å². The van der Waals surface area contributed by atoms with Gasteiger partial charge in [0.1, 0.15) is 11.8 Å². The highest BCUT2D eigenvalue weighted by Crippen LogP contribution is 2.35. The molecule has 1 aliphatic rings.